The molecule has 0 bridgehead atoms. The van der Waals surface area contributed by atoms with Gasteiger partial charge >= 0.3 is 0 Å². The average Bonchev–Trinajstić information content (AvgIpc) is 2.70. The molecule has 1 aliphatic carbocycles. The molecule has 2 unspecified atom stereocenters. The maximum absolute atomic E-state index is 11.8. The summed E-state index contributed by atoms with van der Waals surface area (Å²) in [6.07, 6.45) is 6.33. The number of methoxy groups -OCH3 is 1. The molecule has 1 N–H and O–H groups in total. The number of rotatable bonds is 6. The number of amides is 1. The van der Waals surface area contributed by atoms with Crippen molar-refractivity contribution >= 4 is 5.91 Å². The quantitative estimate of drug-likeness (QED) is 0.683. The van der Waals surface area contributed by atoms with Crippen LogP contribution in [0.5, 0.6) is 0 Å². The molecular weight excluding hydrogens is 206 g/mol. The molecule has 4 nitrogen and oxygen atoms in total. The Hall–Kier alpha value is -0.870. The highest BCUT2D eigenvalue weighted by molar-refractivity contribution is 5.76. The van der Waals surface area contributed by atoms with Gasteiger partial charge in [-0.1, -0.05) is 12.2 Å². The predicted molar refractivity (Wildman–Crippen MR) is 62.0 cm³/mol. The van der Waals surface area contributed by atoms with Crippen molar-refractivity contribution in [2.75, 3.05) is 27.3 Å². The highest BCUT2D eigenvalue weighted by Gasteiger charge is 2.18. The number of nitrogens with zero attached hydrogens (tertiary/aromatic N) is 1. The van der Waals surface area contributed by atoms with E-state index in [9.17, 15) is 9.90 Å². The number of carbonyl (C=O) groups excluding carboxylic acids is 1. The lowest BCUT2D eigenvalue weighted by Crippen LogP contribution is -2.36. The van der Waals surface area contributed by atoms with Crippen molar-refractivity contribution in [2.24, 2.45) is 5.92 Å². The standard InChI is InChI=1S/C12H21NO3/c1-13(8-11(14)9-16-2)12(15)7-10-5-3-4-6-10/h3,5,10-11,14H,4,6-9H2,1-2H3. The molecular formula is C12H21NO3. The van der Waals surface area contributed by atoms with Gasteiger partial charge in [-0.3, -0.25) is 4.79 Å². The Morgan fingerprint density at radius 2 is 2.44 bits per heavy atom. The topological polar surface area (TPSA) is 49.8 Å². The van der Waals surface area contributed by atoms with Crippen molar-refractivity contribution in [1.82, 2.24) is 4.90 Å². The number of aliphatic hydroxyl groups excluding tert-OH is 1. The lowest BCUT2D eigenvalue weighted by Gasteiger charge is -2.21. The van der Waals surface area contributed by atoms with Gasteiger partial charge in [0.15, 0.2) is 0 Å². The summed E-state index contributed by atoms with van der Waals surface area (Å²) in [5.74, 6) is 0.473. The molecule has 16 heavy (non-hydrogen) atoms. The van der Waals surface area contributed by atoms with Crippen molar-refractivity contribution in [3.8, 4) is 0 Å². The van der Waals surface area contributed by atoms with Crippen molar-refractivity contribution < 1.29 is 14.6 Å². The summed E-state index contributed by atoms with van der Waals surface area (Å²) >= 11 is 0. The zero-order chi connectivity index (χ0) is 12.0. The number of carbonyl (C=O) groups is 1. The van der Waals surface area contributed by atoms with E-state index >= 15 is 0 Å². The van der Waals surface area contributed by atoms with Crippen LogP contribution in [0.4, 0.5) is 0 Å². The molecule has 1 amide bonds. The Balaban J connectivity index is 2.26. The third kappa shape index (κ3) is 4.33. The first kappa shape index (κ1) is 13.2. The SMILES string of the molecule is COCC(O)CN(C)C(=O)CC1C=CCC1. The summed E-state index contributed by atoms with van der Waals surface area (Å²) in [4.78, 5) is 13.4. The molecule has 0 heterocycles. The molecule has 0 spiro atoms. The summed E-state index contributed by atoms with van der Waals surface area (Å²) in [5, 5.41) is 9.50. The van der Waals surface area contributed by atoms with E-state index in [2.05, 4.69) is 12.2 Å². The van der Waals surface area contributed by atoms with Crippen LogP contribution in [0.25, 0.3) is 0 Å². The van der Waals surface area contributed by atoms with E-state index in [1.807, 2.05) is 0 Å². The summed E-state index contributed by atoms with van der Waals surface area (Å²) in [7, 11) is 3.26. The van der Waals surface area contributed by atoms with Crippen molar-refractivity contribution in [1.29, 1.82) is 0 Å². The zero-order valence-electron chi connectivity index (χ0n) is 10.1. The van der Waals surface area contributed by atoms with Crippen molar-refractivity contribution in [3.05, 3.63) is 12.2 Å². The van der Waals surface area contributed by atoms with Crippen LogP contribution in [0, 0.1) is 5.92 Å². The normalized spacial score (nSPS) is 21.1. The monoisotopic (exact) mass is 227 g/mol. The molecule has 0 aromatic carbocycles. The van der Waals surface area contributed by atoms with Gasteiger partial charge in [-0.05, 0) is 18.8 Å². The van der Waals surface area contributed by atoms with Crippen molar-refractivity contribution in [2.45, 2.75) is 25.4 Å². The molecule has 0 saturated heterocycles. The molecule has 1 aliphatic rings. The van der Waals surface area contributed by atoms with E-state index in [0.717, 1.165) is 12.8 Å². The summed E-state index contributed by atoms with van der Waals surface area (Å²) in [6, 6.07) is 0. The molecule has 0 aromatic heterocycles. The van der Waals surface area contributed by atoms with Crippen LogP contribution < -0.4 is 0 Å². The number of hydrogen-bond acceptors (Lipinski definition) is 3. The van der Waals surface area contributed by atoms with Crippen LogP contribution in [0.15, 0.2) is 12.2 Å². The highest BCUT2D eigenvalue weighted by atomic mass is 16.5. The third-order valence-corrected chi connectivity index (χ3v) is 2.82. The van der Waals surface area contributed by atoms with Gasteiger partial charge < -0.3 is 14.7 Å². The van der Waals surface area contributed by atoms with Gasteiger partial charge in [0.25, 0.3) is 0 Å². The second kappa shape index (κ2) is 6.66. The number of allylic oxidation sites excluding steroid dienone is 2. The molecule has 2 atom stereocenters. The fourth-order valence-corrected chi connectivity index (χ4v) is 1.91. The van der Waals surface area contributed by atoms with E-state index in [4.69, 9.17) is 4.74 Å². The Morgan fingerprint density at radius 3 is 3.00 bits per heavy atom. The maximum atomic E-state index is 11.8. The third-order valence-electron chi connectivity index (χ3n) is 2.82. The van der Waals surface area contributed by atoms with Crippen LogP contribution in [0.3, 0.4) is 0 Å². The summed E-state index contributed by atoms with van der Waals surface area (Å²) in [6.45, 7) is 0.601. The van der Waals surface area contributed by atoms with Gasteiger partial charge in [-0.2, -0.15) is 0 Å². The Labute approximate surface area is 96.9 Å². The second-order valence-corrected chi connectivity index (χ2v) is 4.35. The van der Waals surface area contributed by atoms with Crippen LogP contribution in [0.1, 0.15) is 19.3 Å². The fourth-order valence-electron chi connectivity index (χ4n) is 1.91. The Morgan fingerprint density at radius 1 is 1.69 bits per heavy atom. The molecule has 0 radical (unpaired) electrons. The number of hydrogen-bond donors (Lipinski definition) is 1. The van der Waals surface area contributed by atoms with Gasteiger partial charge in [0.1, 0.15) is 0 Å². The number of ether oxygens (including phenoxy) is 1. The average molecular weight is 227 g/mol. The van der Waals surface area contributed by atoms with Gasteiger partial charge in [0.2, 0.25) is 5.91 Å². The maximum Gasteiger partial charge on any atom is 0.222 e. The smallest absolute Gasteiger partial charge is 0.222 e. The first-order valence-corrected chi connectivity index (χ1v) is 5.71. The minimum absolute atomic E-state index is 0.0895. The predicted octanol–water partition coefficient (Wildman–Crippen LogP) is 0.808. The lowest BCUT2D eigenvalue weighted by molar-refractivity contribution is -0.132. The first-order valence-electron chi connectivity index (χ1n) is 5.71. The minimum Gasteiger partial charge on any atom is -0.389 e. The summed E-state index contributed by atoms with van der Waals surface area (Å²) in [5.41, 5.74) is 0. The Bertz CT molecular complexity index is 253. The minimum atomic E-state index is -0.599. The fraction of sp³-hybridized carbons (Fsp3) is 0.750. The van der Waals surface area contributed by atoms with E-state index in [1.165, 1.54) is 7.11 Å². The van der Waals surface area contributed by atoms with Gasteiger partial charge in [-0.25, -0.2) is 0 Å². The van der Waals surface area contributed by atoms with E-state index < -0.39 is 6.10 Å². The molecule has 0 fully saturated rings. The van der Waals surface area contributed by atoms with Crippen LogP contribution in [0.2, 0.25) is 0 Å². The molecule has 0 aliphatic heterocycles. The number of aliphatic hydroxyl groups is 1. The second-order valence-electron chi connectivity index (χ2n) is 4.35. The molecule has 1 rings (SSSR count). The molecule has 92 valence electrons. The lowest BCUT2D eigenvalue weighted by atomic mass is 10.0. The molecule has 4 heteroatoms. The highest BCUT2D eigenvalue weighted by Crippen LogP contribution is 2.20. The van der Waals surface area contributed by atoms with Crippen LogP contribution in [-0.2, 0) is 9.53 Å². The number of likely N-dealkylation sites (N-methyl/N-ethyl adjacent to an activating group) is 1. The van der Waals surface area contributed by atoms with Crippen LogP contribution in [-0.4, -0.2) is 49.3 Å². The van der Waals surface area contributed by atoms with E-state index in [-0.39, 0.29) is 12.5 Å². The van der Waals surface area contributed by atoms with E-state index in [0.29, 0.717) is 18.9 Å². The Kier molecular flexibility index (Phi) is 5.49. The molecule has 0 aromatic rings. The van der Waals surface area contributed by atoms with Gasteiger partial charge in [0.05, 0.1) is 12.7 Å². The van der Waals surface area contributed by atoms with Crippen LogP contribution >= 0.6 is 0 Å². The van der Waals surface area contributed by atoms with Gasteiger partial charge in [0, 0.05) is 27.1 Å². The summed E-state index contributed by atoms with van der Waals surface area (Å²) < 4.78 is 4.82. The zero-order valence-corrected chi connectivity index (χ0v) is 10.1. The molecule has 0 saturated carbocycles. The van der Waals surface area contributed by atoms with E-state index in [1.54, 1.807) is 11.9 Å². The van der Waals surface area contributed by atoms with Gasteiger partial charge in [-0.15, -0.1) is 0 Å². The largest absolute Gasteiger partial charge is 0.389 e. The first-order chi connectivity index (χ1) is 7.63. The van der Waals surface area contributed by atoms with Crippen molar-refractivity contribution in [3.63, 3.8) is 0 Å².